The van der Waals surface area contributed by atoms with Crippen LogP contribution in [-0.4, -0.2) is 31.8 Å². The molecular weight excluding hydrogens is 378 g/mol. The standard InChI is InChI=1S/C16H12ClN5O3S/c17-12-8-11(22(24)25)6-7-13(12)18-14(23)9-26-16-19-15(20-21-16)10-4-2-1-3-5-10/h1-8H,9H2,(H,18,23)(H,19,20,21). The first-order valence-corrected chi connectivity index (χ1v) is 8.73. The smallest absolute Gasteiger partial charge is 0.271 e. The lowest BCUT2D eigenvalue weighted by molar-refractivity contribution is -0.384. The van der Waals surface area contributed by atoms with Gasteiger partial charge in [0.2, 0.25) is 11.1 Å². The highest BCUT2D eigenvalue weighted by Gasteiger charge is 2.13. The number of thioether (sulfide) groups is 1. The Morgan fingerprint density at radius 1 is 1.27 bits per heavy atom. The third kappa shape index (κ3) is 4.38. The van der Waals surface area contributed by atoms with Crippen LogP contribution in [0.4, 0.5) is 11.4 Å². The van der Waals surface area contributed by atoms with Gasteiger partial charge < -0.3 is 5.32 Å². The van der Waals surface area contributed by atoms with Crippen molar-refractivity contribution < 1.29 is 9.72 Å². The first-order valence-electron chi connectivity index (χ1n) is 7.37. The summed E-state index contributed by atoms with van der Waals surface area (Å²) in [4.78, 5) is 26.5. The Morgan fingerprint density at radius 3 is 2.73 bits per heavy atom. The predicted octanol–water partition coefficient (Wildman–Crippen LogP) is 3.76. The van der Waals surface area contributed by atoms with Crippen LogP contribution in [0.25, 0.3) is 11.4 Å². The van der Waals surface area contributed by atoms with Crippen molar-refractivity contribution in [1.29, 1.82) is 0 Å². The zero-order valence-corrected chi connectivity index (χ0v) is 14.8. The predicted molar refractivity (Wildman–Crippen MR) is 99.3 cm³/mol. The number of aromatic amines is 1. The molecule has 1 aromatic heterocycles. The van der Waals surface area contributed by atoms with Crippen LogP contribution in [0.1, 0.15) is 0 Å². The zero-order chi connectivity index (χ0) is 18.5. The minimum Gasteiger partial charge on any atom is -0.324 e. The number of nitro groups is 1. The Labute approximate surface area is 157 Å². The fourth-order valence-corrected chi connectivity index (χ4v) is 2.89. The summed E-state index contributed by atoms with van der Waals surface area (Å²) in [5, 5.41) is 20.7. The van der Waals surface area contributed by atoms with Gasteiger partial charge >= 0.3 is 0 Å². The summed E-state index contributed by atoms with van der Waals surface area (Å²) >= 11 is 7.11. The minimum absolute atomic E-state index is 0.0688. The molecule has 3 rings (SSSR count). The summed E-state index contributed by atoms with van der Waals surface area (Å²) in [7, 11) is 0. The number of nitro benzene ring substituents is 1. The number of hydrogen-bond acceptors (Lipinski definition) is 6. The van der Waals surface area contributed by atoms with Gasteiger partial charge in [0.15, 0.2) is 5.82 Å². The number of carbonyl (C=O) groups is 1. The van der Waals surface area contributed by atoms with Crippen molar-refractivity contribution in [3.8, 4) is 11.4 Å². The highest BCUT2D eigenvalue weighted by atomic mass is 35.5. The minimum atomic E-state index is -0.555. The second kappa shape index (κ2) is 7.98. The molecule has 132 valence electrons. The van der Waals surface area contributed by atoms with E-state index in [-0.39, 0.29) is 22.4 Å². The monoisotopic (exact) mass is 389 g/mol. The molecule has 0 aliphatic carbocycles. The number of carbonyl (C=O) groups excluding carboxylic acids is 1. The molecule has 1 amide bonds. The first kappa shape index (κ1) is 17.9. The number of benzene rings is 2. The topological polar surface area (TPSA) is 114 Å². The maximum Gasteiger partial charge on any atom is 0.271 e. The largest absolute Gasteiger partial charge is 0.324 e. The molecule has 3 aromatic rings. The van der Waals surface area contributed by atoms with Crippen LogP contribution in [0, 0.1) is 10.1 Å². The molecule has 0 spiro atoms. The fraction of sp³-hybridized carbons (Fsp3) is 0.0625. The van der Waals surface area contributed by atoms with E-state index < -0.39 is 4.92 Å². The van der Waals surface area contributed by atoms with E-state index in [4.69, 9.17) is 11.6 Å². The average molecular weight is 390 g/mol. The summed E-state index contributed by atoms with van der Waals surface area (Å²) in [6.07, 6.45) is 0. The third-order valence-corrected chi connectivity index (χ3v) is 4.44. The first-order chi connectivity index (χ1) is 12.5. The van der Waals surface area contributed by atoms with Gasteiger partial charge in [0.1, 0.15) is 0 Å². The second-order valence-corrected chi connectivity index (χ2v) is 6.44. The van der Waals surface area contributed by atoms with Crippen molar-refractivity contribution in [3.63, 3.8) is 0 Å². The number of anilines is 1. The number of aromatic nitrogens is 3. The number of rotatable bonds is 6. The summed E-state index contributed by atoms with van der Waals surface area (Å²) in [6, 6.07) is 13.4. The summed E-state index contributed by atoms with van der Waals surface area (Å²) in [5.41, 5.74) is 1.06. The summed E-state index contributed by atoms with van der Waals surface area (Å²) < 4.78 is 0. The molecule has 0 bridgehead atoms. The Kier molecular flexibility index (Phi) is 5.49. The molecule has 0 aliphatic heterocycles. The zero-order valence-electron chi connectivity index (χ0n) is 13.2. The molecule has 0 fully saturated rings. The van der Waals surface area contributed by atoms with E-state index in [1.807, 2.05) is 30.3 Å². The fourth-order valence-electron chi connectivity index (χ4n) is 2.07. The Balaban J connectivity index is 1.58. The third-order valence-electron chi connectivity index (χ3n) is 3.28. The van der Waals surface area contributed by atoms with Gasteiger partial charge in [-0.05, 0) is 6.07 Å². The molecule has 0 radical (unpaired) electrons. The number of hydrogen-bond donors (Lipinski definition) is 2. The molecule has 0 atom stereocenters. The van der Waals surface area contributed by atoms with E-state index in [0.717, 1.165) is 17.3 Å². The molecule has 0 aliphatic rings. The lowest BCUT2D eigenvalue weighted by Gasteiger charge is -2.06. The van der Waals surface area contributed by atoms with Crippen molar-refractivity contribution in [2.24, 2.45) is 0 Å². The van der Waals surface area contributed by atoms with Crippen molar-refractivity contribution in [1.82, 2.24) is 15.2 Å². The van der Waals surface area contributed by atoms with Gasteiger partial charge in [-0.15, -0.1) is 5.10 Å². The van der Waals surface area contributed by atoms with Gasteiger partial charge in [0.05, 0.1) is 21.4 Å². The molecule has 10 heteroatoms. The number of non-ortho nitro benzene ring substituents is 1. The molecule has 0 saturated carbocycles. The van der Waals surface area contributed by atoms with E-state index in [9.17, 15) is 14.9 Å². The van der Waals surface area contributed by atoms with Crippen LogP contribution in [-0.2, 0) is 4.79 Å². The number of amides is 1. The molecule has 26 heavy (non-hydrogen) atoms. The van der Waals surface area contributed by atoms with Crippen molar-refractivity contribution >= 4 is 40.6 Å². The van der Waals surface area contributed by atoms with E-state index in [1.54, 1.807) is 0 Å². The molecular formula is C16H12ClN5O3S. The Morgan fingerprint density at radius 2 is 2.04 bits per heavy atom. The molecule has 2 N–H and O–H groups in total. The Hall–Kier alpha value is -2.91. The number of nitrogens with one attached hydrogen (secondary N) is 2. The maximum absolute atomic E-state index is 12.0. The summed E-state index contributed by atoms with van der Waals surface area (Å²) in [5.74, 6) is 0.364. The van der Waals surface area contributed by atoms with Crippen LogP contribution in [0.15, 0.2) is 53.7 Å². The lowest BCUT2D eigenvalue weighted by atomic mass is 10.2. The van der Waals surface area contributed by atoms with Gasteiger partial charge in [0, 0.05) is 17.7 Å². The number of H-pyrrole nitrogens is 1. The SMILES string of the molecule is O=C(CSc1n[nH]c(-c2ccccc2)n1)Nc1ccc([N+](=O)[O-])cc1Cl. The molecule has 1 heterocycles. The normalized spacial score (nSPS) is 10.5. The molecule has 8 nitrogen and oxygen atoms in total. The molecule has 2 aromatic carbocycles. The Bertz CT molecular complexity index is 948. The number of nitrogens with zero attached hydrogens (tertiary/aromatic N) is 3. The van der Waals surface area contributed by atoms with Gasteiger partial charge in [0.25, 0.3) is 5.69 Å². The van der Waals surface area contributed by atoms with Gasteiger partial charge in [-0.25, -0.2) is 4.98 Å². The van der Waals surface area contributed by atoms with E-state index in [2.05, 4.69) is 20.5 Å². The van der Waals surface area contributed by atoms with Crippen molar-refractivity contribution in [2.45, 2.75) is 5.16 Å². The molecule has 0 unspecified atom stereocenters. The van der Waals surface area contributed by atoms with Gasteiger partial charge in [-0.3, -0.25) is 20.0 Å². The van der Waals surface area contributed by atoms with E-state index in [1.165, 1.54) is 18.2 Å². The highest BCUT2D eigenvalue weighted by Crippen LogP contribution is 2.27. The van der Waals surface area contributed by atoms with E-state index >= 15 is 0 Å². The van der Waals surface area contributed by atoms with E-state index in [0.29, 0.717) is 16.7 Å². The average Bonchev–Trinajstić information content (AvgIpc) is 3.11. The van der Waals surface area contributed by atoms with Crippen molar-refractivity contribution in [3.05, 3.63) is 63.7 Å². The lowest BCUT2D eigenvalue weighted by Crippen LogP contribution is -2.14. The van der Waals surface area contributed by atoms with Crippen LogP contribution in [0.5, 0.6) is 0 Å². The van der Waals surface area contributed by atoms with Gasteiger partial charge in [-0.2, -0.15) is 0 Å². The molecule has 0 saturated heterocycles. The second-order valence-electron chi connectivity index (χ2n) is 5.09. The van der Waals surface area contributed by atoms with Gasteiger partial charge in [-0.1, -0.05) is 53.7 Å². The van der Waals surface area contributed by atoms with Crippen molar-refractivity contribution in [2.75, 3.05) is 11.1 Å². The maximum atomic E-state index is 12.0. The van der Waals surface area contributed by atoms with Crippen LogP contribution in [0.2, 0.25) is 5.02 Å². The number of halogens is 1. The highest BCUT2D eigenvalue weighted by molar-refractivity contribution is 7.99. The quantitative estimate of drug-likeness (QED) is 0.377. The van der Waals surface area contributed by atoms with Crippen LogP contribution >= 0.6 is 23.4 Å². The summed E-state index contributed by atoms with van der Waals surface area (Å²) in [6.45, 7) is 0. The van der Waals surface area contributed by atoms with Crippen LogP contribution < -0.4 is 5.32 Å². The van der Waals surface area contributed by atoms with Crippen LogP contribution in [0.3, 0.4) is 0 Å².